The minimum Gasteiger partial charge on any atom is -0.497 e. The van der Waals surface area contributed by atoms with E-state index < -0.39 is 0 Å². The number of ether oxygens (including phenoxy) is 2. The number of benzene rings is 2. The number of nitrogens with zero attached hydrogens (tertiary/aromatic N) is 1. The van der Waals surface area contributed by atoms with Gasteiger partial charge in [0.05, 0.1) is 25.9 Å². The average molecular weight is 383 g/mol. The standard InChI is InChI=1S/C23H30N2O3/c1-3-28-22-11-7-6-9-20(22)24-23(26)17-25-16-8-4-5-10-21(25)18-12-14-19(27-2)15-13-18/h6-7,9,11-15,21H,3-5,8,10,16-17H2,1-2H3,(H,24,26). The van der Waals surface area contributed by atoms with Crippen LogP contribution in [0.1, 0.15) is 44.2 Å². The third kappa shape index (κ3) is 5.26. The van der Waals surface area contributed by atoms with E-state index in [2.05, 4.69) is 22.3 Å². The maximum absolute atomic E-state index is 12.8. The molecule has 5 nitrogen and oxygen atoms in total. The van der Waals surface area contributed by atoms with Crippen LogP contribution in [-0.4, -0.2) is 37.6 Å². The van der Waals surface area contributed by atoms with E-state index in [1.54, 1.807) is 7.11 Å². The zero-order valence-corrected chi connectivity index (χ0v) is 16.8. The van der Waals surface area contributed by atoms with Gasteiger partial charge in [0.25, 0.3) is 0 Å². The molecule has 28 heavy (non-hydrogen) atoms. The molecule has 3 rings (SSSR count). The first kappa shape index (κ1) is 20.2. The van der Waals surface area contributed by atoms with Gasteiger partial charge in [0.2, 0.25) is 5.91 Å². The molecule has 150 valence electrons. The Kier molecular flexibility index (Phi) is 7.31. The maximum Gasteiger partial charge on any atom is 0.238 e. The second kappa shape index (κ2) is 10.1. The van der Waals surface area contributed by atoms with Crippen molar-refractivity contribution in [3.63, 3.8) is 0 Å². The van der Waals surface area contributed by atoms with Gasteiger partial charge in [-0.3, -0.25) is 9.69 Å². The van der Waals surface area contributed by atoms with Crippen molar-refractivity contribution in [2.75, 3.05) is 32.1 Å². The van der Waals surface area contributed by atoms with E-state index in [0.717, 1.165) is 30.8 Å². The Morgan fingerprint density at radius 3 is 2.64 bits per heavy atom. The minimum absolute atomic E-state index is 0.00688. The van der Waals surface area contributed by atoms with Gasteiger partial charge >= 0.3 is 0 Å². The van der Waals surface area contributed by atoms with Crippen molar-refractivity contribution >= 4 is 11.6 Å². The van der Waals surface area contributed by atoms with Crippen LogP contribution >= 0.6 is 0 Å². The van der Waals surface area contributed by atoms with Crippen LogP contribution in [0.25, 0.3) is 0 Å². The average Bonchev–Trinajstić information content (AvgIpc) is 2.95. The molecular formula is C23H30N2O3. The molecule has 2 aromatic carbocycles. The highest BCUT2D eigenvalue weighted by Gasteiger charge is 2.24. The number of carbonyl (C=O) groups is 1. The van der Waals surface area contributed by atoms with Gasteiger partial charge < -0.3 is 14.8 Å². The van der Waals surface area contributed by atoms with Crippen molar-refractivity contribution < 1.29 is 14.3 Å². The van der Waals surface area contributed by atoms with E-state index in [-0.39, 0.29) is 11.9 Å². The Morgan fingerprint density at radius 1 is 1.11 bits per heavy atom. The summed E-state index contributed by atoms with van der Waals surface area (Å²) in [5, 5.41) is 3.03. The molecule has 0 aliphatic carbocycles. The van der Waals surface area contributed by atoms with E-state index >= 15 is 0 Å². The molecule has 1 aliphatic heterocycles. The quantitative estimate of drug-likeness (QED) is 0.757. The second-order valence-electron chi connectivity index (χ2n) is 7.09. The number of hydrogen-bond donors (Lipinski definition) is 1. The van der Waals surface area contributed by atoms with E-state index in [1.165, 1.54) is 18.4 Å². The topological polar surface area (TPSA) is 50.8 Å². The number of carbonyl (C=O) groups excluding carboxylic acids is 1. The van der Waals surface area contributed by atoms with Crippen molar-refractivity contribution in [2.24, 2.45) is 0 Å². The highest BCUT2D eigenvalue weighted by Crippen LogP contribution is 2.31. The molecule has 1 heterocycles. The molecule has 0 spiro atoms. The molecule has 1 amide bonds. The summed E-state index contributed by atoms with van der Waals surface area (Å²) in [4.78, 5) is 15.1. The van der Waals surface area contributed by atoms with Gasteiger partial charge in [0.15, 0.2) is 0 Å². The van der Waals surface area contributed by atoms with Crippen LogP contribution in [0.5, 0.6) is 11.5 Å². The third-order valence-corrected chi connectivity index (χ3v) is 5.17. The van der Waals surface area contributed by atoms with Crippen LogP contribution in [0.15, 0.2) is 48.5 Å². The molecule has 0 bridgehead atoms. The monoisotopic (exact) mass is 382 g/mol. The normalized spacial score (nSPS) is 17.6. The summed E-state index contributed by atoms with van der Waals surface area (Å²) in [6.07, 6.45) is 4.57. The predicted molar refractivity (Wildman–Crippen MR) is 112 cm³/mol. The molecular weight excluding hydrogens is 352 g/mol. The van der Waals surface area contributed by atoms with Gasteiger partial charge in [-0.1, -0.05) is 37.1 Å². The lowest BCUT2D eigenvalue weighted by molar-refractivity contribution is -0.117. The molecule has 1 N–H and O–H groups in total. The van der Waals surface area contributed by atoms with E-state index in [1.807, 2.05) is 43.3 Å². The first-order valence-electron chi connectivity index (χ1n) is 10.1. The number of nitrogens with one attached hydrogen (secondary N) is 1. The zero-order valence-electron chi connectivity index (χ0n) is 16.8. The van der Waals surface area contributed by atoms with Crippen LogP contribution in [0.4, 0.5) is 5.69 Å². The molecule has 1 aliphatic rings. The van der Waals surface area contributed by atoms with Crippen LogP contribution in [0.3, 0.4) is 0 Å². The third-order valence-electron chi connectivity index (χ3n) is 5.17. The number of likely N-dealkylation sites (tertiary alicyclic amines) is 1. The number of rotatable bonds is 7. The lowest BCUT2D eigenvalue weighted by Crippen LogP contribution is -2.36. The van der Waals surface area contributed by atoms with Gasteiger partial charge in [-0.25, -0.2) is 0 Å². The largest absolute Gasteiger partial charge is 0.497 e. The van der Waals surface area contributed by atoms with Gasteiger partial charge in [-0.2, -0.15) is 0 Å². The number of hydrogen-bond acceptors (Lipinski definition) is 4. The summed E-state index contributed by atoms with van der Waals surface area (Å²) >= 11 is 0. The molecule has 1 saturated heterocycles. The molecule has 1 atom stereocenters. The first-order valence-corrected chi connectivity index (χ1v) is 10.1. The predicted octanol–water partition coefficient (Wildman–Crippen LogP) is 4.65. The summed E-state index contributed by atoms with van der Waals surface area (Å²) in [6.45, 7) is 3.81. The number of anilines is 1. The smallest absolute Gasteiger partial charge is 0.238 e. The van der Waals surface area contributed by atoms with Gasteiger partial charge in [-0.15, -0.1) is 0 Å². The van der Waals surface area contributed by atoms with Gasteiger partial charge in [-0.05, 0) is 56.1 Å². The first-order chi connectivity index (χ1) is 13.7. The molecule has 0 radical (unpaired) electrons. The van der Waals surface area contributed by atoms with Gasteiger partial charge in [0, 0.05) is 6.04 Å². The van der Waals surface area contributed by atoms with Crippen molar-refractivity contribution in [3.8, 4) is 11.5 Å². The molecule has 5 heteroatoms. The van der Waals surface area contributed by atoms with E-state index in [0.29, 0.717) is 18.9 Å². The summed E-state index contributed by atoms with van der Waals surface area (Å²) in [5.74, 6) is 1.56. The Bertz CT molecular complexity index is 761. The summed E-state index contributed by atoms with van der Waals surface area (Å²) in [7, 11) is 1.68. The number of amides is 1. The molecule has 0 saturated carbocycles. The minimum atomic E-state index is -0.00688. The fourth-order valence-corrected chi connectivity index (χ4v) is 3.79. The number of para-hydroxylation sites is 2. The van der Waals surface area contributed by atoms with E-state index in [9.17, 15) is 4.79 Å². The Morgan fingerprint density at radius 2 is 1.89 bits per heavy atom. The second-order valence-corrected chi connectivity index (χ2v) is 7.09. The fraction of sp³-hybridized carbons (Fsp3) is 0.435. The summed E-state index contributed by atoms with van der Waals surface area (Å²) in [5.41, 5.74) is 1.97. The fourth-order valence-electron chi connectivity index (χ4n) is 3.79. The van der Waals surface area contributed by atoms with E-state index in [4.69, 9.17) is 9.47 Å². The lowest BCUT2D eigenvalue weighted by atomic mass is 10.0. The van der Waals surface area contributed by atoms with Crippen LogP contribution in [-0.2, 0) is 4.79 Å². The Balaban J connectivity index is 1.71. The van der Waals surface area contributed by atoms with Crippen LogP contribution < -0.4 is 14.8 Å². The highest BCUT2D eigenvalue weighted by molar-refractivity contribution is 5.93. The highest BCUT2D eigenvalue weighted by atomic mass is 16.5. The summed E-state index contributed by atoms with van der Waals surface area (Å²) < 4.78 is 10.9. The van der Waals surface area contributed by atoms with Gasteiger partial charge in [0.1, 0.15) is 11.5 Å². The summed E-state index contributed by atoms with van der Waals surface area (Å²) in [6, 6.07) is 16.1. The molecule has 2 aromatic rings. The molecule has 1 fully saturated rings. The van der Waals surface area contributed by atoms with Crippen molar-refractivity contribution in [1.29, 1.82) is 0 Å². The Hall–Kier alpha value is -2.53. The zero-order chi connectivity index (χ0) is 19.8. The van der Waals surface area contributed by atoms with Crippen molar-refractivity contribution in [3.05, 3.63) is 54.1 Å². The molecule has 1 unspecified atom stereocenters. The lowest BCUT2D eigenvalue weighted by Gasteiger charge is -2.30. The maximum atomic E-state index is 12.8. The number of methoxy groups -OCH3 is 1. The Labute approximate surface area is 167 Å². The van der Waals surface area contributed by atoms with Crippen molar-refractivity contribution in [2.45, 2.75) is 38.6 Å². The molecule has 0 aromatic heterocycles. The van der Waals surface area contributed by atoms with Crippen LogP contribution in [0.2, 0.25) is 0 Å². The van der Waals surface area contributed by atoms with Crippen LogP contribution in [0, 0.1) is 0 Å². The SMILES string of the molecule is CCOc1ccccc1NC(=O)CN1CCCCCC1c1ccc(OC)cc1. The van der Waals surface area contributed by atoms with Crippen molar-refractivity contribution in [1.82, 2.24) is 4.90 Å².